The van der Waals surface area contributed by atoms with Crippen molar-refractivity contribution >= 4 is 28.5 Å². The summed E-state index contributed by atoms with van der Waals surface area (Å²) in [6, 6.07) is 15.7. The van der Waals surface area contributed by atoms with Crippen LogP contribution >= 0.6 is 11.6 Å². The molecule has 3 aromatic rings. The van der Waals surface area contributed by atoms with Crippen LogP contribution in [0.5, 0.6) is 0 Å². The number of halogens is 1. The molecule has 122 valence electrons. The molecule has 0 fully saturated rings. The molecule has 0 spiro atoms. The van der Waals surface area contributed by atoms with Crippen molar-refractivity contribution in [3.05, 3.63) is 64.9 Å². The highest BCUT2D eigenvalue weighted by Crippen LogP contribution is 2.25. The van der Waals surface area contributed by atoms with E-state index in [1.165, 1.54) is 0 Å². The summed E-state index contributed by atoms with van der Waals surface area (Å²) in [5.41, 5.74) is 3.18. The average Bonchev–Trinajstić information content (AvgIpc) is 2.97. The molecule has 0 saturated carbocycles. The molecule has 1 aliphatic rings. The number of imidazole rings is 1. The number of amides is 1. The van der Waals surface area contributed by atoms with Gasteiger partial charge in [-0.25, -0.2) is 4.98 Å². The van der Waals surface area contributed by atoms with E-state index < -0.39 is 0 Å². The van der Waals surface area contributed by atoms with E-state index in [9.17, 15) is 4.79 Å². The Balaban J connectivity index is 1.45. The molecule has 24 heavy (non-hydrogen) atoms. The minimum Gasteiger partial charge on any atom is -0.352 e. The molecule has 0 saturated heterocycles. The van der Waals surface area contributed by atoms with E-state index in [0.717, 1.165) is 35.4 Å². The lowest BCUT2D eigenvalue weighted by Gasteiger charge is -2.23. The van der Waals surface area contributed by atoms with Crippen molar-refractivity contribution in [2.45, 2.75) is 25.9 Å². The topological polar surface area (TPSA) is 46.9 Å². The van der Waals surface area contributed by atoms with Crippen molar-refractivity contribution in [2.75, 3.05) is 0 Å². The number of nitrogens with one attached hydrogen (secondary N) is 1. The number of benzene rings is 2. The maximum atomic E-state index is 12.5. The maximum absolute atomic E-state index is 12.5. The molecule has 1 unspecified atom stereocenters. The van der Waals surface area contributed by atoms with Crippen LogP contribution < -0.4 is 5.32 Å². The van der Waals surface area contributed by atoms with Crippen molar-refractivity contribution in [2.24, 2.45) is 5.92 Å². The van der Waals surface area contributed by atoms with Crippen LogP contribution in [0.1, 0.15) is 17.8 Å². The Morgan fingerprint density at radius 2 is 2.12 bits per heavy atom. The number of aryl methyl sites for hydroxylation is 1. The van der Waals surface area contributed by atoms with Gasteiger partial charge in [-0.3, -0.25) is 4.79 Å². The molecule has 0 aliphatic carbocycles. The van der Waals surface area contributed by atoms with Crippen LogP contribution in [0, 0.1) is 5.92 Å². The maximum Gasteiger partial charge on any atom is 0.223 e. The standard InChI is InChI=1S/C19H18ClN3O/c20-15-5-3-4-13(10-15)12-21-19(24)14-8-9-23-17-7-2-1-6-16(17)22-18(23)11-14/h1-7,10,14H,8-9,11-12H2,(H,21,24). The van der Waals surface area contributed by atoms with Crippen LogP contribution in [0.25, 0.3) is 11.0 Å². The summed E-state index contributed by atoms with van der Waals surface area (Å²) in [6.07, 6.45) is 1.53. The lowest BCUT2D eigenvalue weighted by atomic mass is 9.96. The molecule has 1 amide bonds. The Bertz CT molecular complexity index is 903. The van der Waals surface area contributed by atoms with Gasteiger partial charge in [0.05, 0.1) is 11.0 Å². The van der Waals surface area contributed by atoms with E-state index in [1.807, 2.05) is 42.5 Å². The number of rotatable bonds is 3. The van der Waals surface area contributed by atoms with Gasteiger partial charge in [0.15, 0.2) is 0 Å². The zero-order valence-electron chi connectivity index (χ0n) is 13.2. The van der Waals surface area contributed by atoms with Crippen LogP contribution in [0.3, 0.4) is 0 Å². The summed E-state index contributed by atoms with van der Waals surface area (Å²) in [7, 11) is 0. The summed E-state index contributed by atoms with van der Waals surface area (Å²) in [5, 5.41) is 3.71. The SMILES string of the molecule is O=C(NCc1cccc(Cl)c1)C1CCn2c(nc3ccccc32)C1. The third-order valence-corrected chi connectivity index (χ3v) is 4.83. The van der Waals surface area contributed by atoms with Gasteiger partial charge < -0.3 is 9.88 Å². The third kappa shape index (κ3) is 2.89. The van der Waals surface area contributed by atoms with E-state index in [1.54, 1.807) is 0 Å². The fourth-order valence-corrected chi connectivity index (χ4v) is 3.56. The van der Waals surface area contributed by atoms with Gasteiger partial charge >= 0.3 is 0 Å². The molecule has 0 radical (unpaired) electrons. The molecule has 5 heteroatoms. The largest absolute Gasteiger partial charge is 0.352 e. The van der Waals surface area contributed by atoms with Crippen LogP contribution in [0.4, 0.5) is 0 Å². The zero-order chi connectivity index (χ0) is 16.5. The van der Waals surface area contributed by atoms with Gasteiger partial charge in [-0.05, 0) is 36.2 Å². The first-order valence-corrected chi connectivity index (χ1v) is 8.55. The monoisotopic (exact) mass is 339 g/mol. The summed E-state index contributed by atoms with van der Waals surface area (Å²) < 4.78 is 2.23. The minimum atomic E-state index is -0.0199. The first-order chi connectivity index (χ1) is 11.7. The van der Waals surface area contributed by atoms with Crippen molar-refractivity contribution < 1.29 is 4.79 Å². The summed E-state index contributed by atoms with van der Waals surface area (Å²) in [4.78, 5) is 17.2. The Kier molecular flexibility index (Phi) is 3.98. The lowest BCUT2D eigenvalue weighted by molar-refractivity contribution is -0.125. The zero-order valence-corrected chi connectivity index (χ0v) is 14.0. The highest BCUT2D eigenvalue weighted by Gasteiger charge is 2.26. The molecule has 1 aromatic heterocycles. The Morgan fingerprint density at radius 3 is 3.00 bits per heavy atom. The number of nitrogens with zero attached hydrogens (tertiary/aromatic N) is 2. The number of hydrogen-bond acceptors (Lipinski definition) is 2. The highest BCUT2D eigenvalue weighted by atomic mass is 35.5. The number of fused-ring (bicyclic) bond motifs is 3. The lowest BCUT2D eigenvalue weighted by Crippen LogP contribution is -2.35. The highest BCUT2D eigenvalue weighted by molar-refractivity contribution is 6.30. The average molecular weight is 340 g/mol. The number of carbonyl (C=O) groups is 1. The molecule has 2 aromatic carbocycles. The quantitative estimate of drug-likeness (QED) is 0.793. The number of hydrogen-bond donors (Lipinski definition) is 1. The number of aromatic nitrogens is 2. The second-order valence-electron chi connectivity index (χ2n) is 6.21. The smallest absolute Gasteiger partial charge is 0.223 e. The number of para-hydroxylation sites is 2. The van der Waals surface area contributed by atoms with Gasteiger partial charge in [0.1, 0.15) is 5.82 Å². The molecule has 0 bridgehead atoms. The molecular weight excluding hydrogens is 322 g/mol. The van der Waals surface area contributed by atoms with Crippen molar-refractivity contribution in [1.29, 1.82) is 0 Å². The van der Waals surface area contributed by atoms with E-state index in [0.29, 0.717) is 18.0 Å². The third-order valence-electron chi connectivity index (χ3n) is 4.59. The first-order valence-electron chi connectivity index (χ1n) is 8.17. The fourth-order valence-electron chi connectivity index (χ4n) is 3.34. The van der Waals surface area contributed by atoms with Gasteiger partial charge in [-0.2, -0.15) is 0 Å². The number of carbonyl (C=O) groups excluding carboxylic acids is 1. The second kappa shape index (κ2) is 6.29. The molecule has 4 rings (SSSR count). The fraction of sp³-hybridized carbons (Fsp3) is 0.263. The van der Waals surface area contributed by atoms with Crippen molar-refractivity contribution in [3.8, 4) is 0 Å². The van der Waals surface area contributed by atoms with Gasteiger partial charge in [0, 0.05) is 30.5 Å². The second-order valence-corrected chi connectivity index (χ2v) is 6.64. The normalized spacial score (nSPS) is 16.8. The molecule has 2 heterocycles. The van der Waals surface area contributed by atoms with Crippen LogP contribution in [-0.4, -0.2) is 15.5 Å². The van der Waals surface area contributed by atoms with Gasteiger partial charge in [-0.15, -0.1) is 0 Å². The van der Waals surface area contributed by atoms with Crippen molar-refractivity contribution in [3.63, 3.8) is 0 Å². The molecule has 1 atom stereocenters. The van der Waals surface area contributed by atoms with E-state index in [2.05, 4.69) is 20.9 Å². The van der Waals surface area contributed by atoms with Gasteiger partial charge in [-0.1, -0.05) is 35.9 Å². The summed E-state index contributed by atoms with van der Waals surface area (Å²) >= 11 is 5.98. The predicted octanol–water partition coefficient (Wildman–Crippen LogP) is 3.57. The Morgan fingerprint density at radius 1 is 1.25 bits per heavy atom. The van der Waals surface area contributed by atoms with E-state index in [4.69, 9.17) is 11.6 Å². The van der Waals surface area contributed by atoms with Crippen LogP contribution in [0.2, 0.25) is 5.02 Å². The van der Waals surface area contributed by atoms with Crippen LogP contribution in [-0.2, 0) is 24.3 Å². The van der Waals surface area contributed by atoms with Gasteiger partial charge in [0.25, 0.3) is 0 Å². The summed E-state index contributed by atoms with van der Waals surface area (Å²) in [5.74, 6) is 1.08. The predicted molar refractivity (Wildman–Crippen MR) is 94.8 cm³/mol. The molecule has 1 aliphatic heterocycles. The minimum absolute atomic E-state index is 0.0199. The van der Waals surface area contributed by atoms with Crippen LogP contribution in [0.15, 0.2) is 48.5 Å². The van der Waals surface area contributed by atoms with Crippen molar-refractivity contribution in [1.82, 2.24) is 14.9 Å². The van der Waals surface area contributed by atoms with E-state index in [-0.39, 0.29) is 11.8 Å². The molecule has 4 nitrogen and oxygen atoms in total. The molecule has 1 N–H and O–H groups in total. The molecular formula is C19H18ClN3O. The summed E-state index contributed by atoms with van der Waals surface area (Å²) in [6.45, 7) is 1.34. The first kappa shape index (κ1) is 15.2. The van der Waals surface area contributed by atoms with Gasteiger partial charge in [0.2, 0.25) is 5.91 Å². The van der Waals surface area contributed by atoms with E-state index >= 15 is 0 Å². The Labute approximate surface area is 145 Å². The Hall–Kier alpha value is -2.33.